The first-order valence-corrected chi connectivity index (χ1v) is 10.7. The van der Waals surface area contributed by atoms with E-state index in [0.717, 1.165) is 5.56 Å². The van der Waals surface area contributed by atoms with Crippen molar-refractivity contribution in [3.8, 4) is 0 Å². The number of hydrogen-bond donors (Lipinski definition) is 2. The van der Waals surface area contributed by atoms with Crippen molar-refractivity contribution in [2.45, 2.75) is 24.0 Å². The molecule has 150 valence electrons. The molecule has 29 heavy (non-hydrogen) atoms. The lowest BCUT2D eigenvalue weighted by atomic mass is 10.2. The summed E-state index contributed by atoms with van der Waals surface area (Å²) < 4.78 is 27.0. The Bertz CT molecular complexity index is 1080. The Balaban J connectivity index is 1.87. The number of pyridine rings is 1. The second-order valence-electron chi connectivity index (χ2n) is 6.79. The Morgan fingerprint density at radius 3 is 2.48 bits per heavy atom. The molecule has 1 heterocycles. The highest BCUT2D eigenvalue weighted by Gasteiger charge is 2.31. The van der Waals surface area contributed by atoms with Crippen LogP contribution in [0.5, 0.6) is 0 Å². The summed E-state index contributed by atoms with van der Waals surface area (Å²) >= 11 is 0. The number of rotatable bonds is 6. The normalized spacial score (nSPS) is 12.2. The molecular weight excluding hydrogens is 386 g/mol. The van der Waals surface area contributed by atoms with Crippen LogP contribution in [-0.2, 0) is 9.84 Å². The van der Waals surface area contributed by atoms with Gasteiger partial charge in [-0.2, -0.15) is 0 Å². The fraction of sp³-hybridized carbons (Fsp3) is 0.182. The van der Waals surface area contributed by atoms with E-state index in [1.807, 2.05) is 19.1 Å². The van der Waals surface area contributed by atoms with Crippen molar-refractivity contribution in [1.29, 1.82) is 0 Å². The summed E-state index contributed by atoms with van der Waals surface area (Å²) in [7, 11) is -3.76. The van der Waals surface area contributed by atoms with Gasteiger partial charge in [0.25, 0.3) is 0 Å². The fourth-order valence-corrected chi connectivity index (χ4v) is 5.00. The van der Waals surface area contributed by atoms with Crippen molar-refractivity contribution < 1.29 is 13.2 Å². The van der Waals surface area contributed by atoms with E-state index in [4.69, 9.17) is 0 Å². The predicted molar refractivity (Wildman–Crippen MR) is 114 cm³/mol. The van der Waals surface area contributed by atoms with Crippen LogP contribution in [-0.4, -0.2) is 26.0 Å². The molecular formula is C22H23N3O3S. The van der Waals surface area contributed by atoms with Gasteiger partial charge in [-0.3, -0.25) is 4.98 Å². The Morgan fingerprint density at radius 1 is 1.03 bits per heavy atom. The molecule has 2 amide bonds. The van der Waals surface area contributed by atoms with Crippen molar-refractivity contribution in [3.63, 3.8) is 0 Å². The summed E-state index contributed by atoms with van der Waals surface area (Å²) in [5, 5.41) is 4.42. The van der Waals surface area contributed by atoms with Crippen LogP contribution < -0.4 is 10.6 Å². The number of sulfone groups is 1. The van der Waals surface area contributed by atoms with E-state index in [1.165, 1.54) is 6.20 Å². The van der Waals surface area contributed by atoms with Gasteiger partial charge in [0.05, 0.1) is 4.90 Å². The third kappa shape index (κ3) is 5.00. The number of hydrogen-bond acceptors (Lipinski definition) is 4. The van der Waals surface area contributed by atoms with Gasteiger partial charge in [0.15, 0.2) is 9.84 Å². The number of aryl methyl sites for hydroxylation is 2. The minimum absolute atomic E-state index is 0.0833. The van der Waals surface area contributed by atoms with Crippen LogP contribution in [0.3, 0.4) is 0 Å². The minimum atomic E-state index is -3.76. The van der Waals surface area contributed by atoms with Gasteiger partial charge in [0.2, 0.25) is 0 Å². The van der Waals surface area contributed by atoms with E-state index >= 15 is 0 Å². The topological polar surface area (TPSA) is 88.2 Å². The lowest BCUT2D eigenvalue weighted by Crippen LogP contribution is -2.35. The largest absolute Gasteiger partial charge is 0.336 e. The molecule has 0 fully saturated rings. The van der Waals surface area contributed by atoms with Crippen LogP contribution in [0.4, 0.5) is 10.5 Å². The van der Waals surface area contributed by atoms with Crippen molar-refractivity contribution in [1.82, 2.24) is 10.3 Å². The summed E-state index contributed by atoms with van der Waals surface area (Å²) in [6.07, 6.45) is 3.10. The number of benzene rings is 2. The fourth-order valence-electron chi connectivity index (χ4n) is 3.02. The van der Waals surface area contributed by atoms with Crippen LogP contribution in [0.2, 0.25) is 0 Å². The SMILES string of the molecule is Cc1ccc(C)c(S(=O)(=O)[C@H](CNC(=O)Nc2ccccc2)c2cccnc2)c1. The summed E-state index contributed by atoms with van der Waals surface area (Å²) in [5.74, 6) is 0. The Hall–Kier alpha value is -3.19. The van der Waals surface area contributed by atoms with E-state index in [1.54, 1.807) is 61.7 Å². The number of para-hydroxylation sites is 1. The molecule has 0 aliphatic carbocycles. The summed E-state index contributed by atoms with van der Waals surface area (Å²) in [6, 6.07) is 17.2. The predicted octanol–water partition coefficient (Wildman–Crippen LogP) is 4.04. The second kappa shape index (κ2) is 8.87. The second-order valence-corrected chi connectivity index (χ2v) is 8.89. The maximum Gasteiger partial charge on any atom is 0.319 e. The summed E-state index contributed by atoms with van der Waals surface area (Å²) in [5.41, 5.74) is 2.67. The van der Waals surface area contributed by atoms with E-state index in [0.29, 0.717) is 16.8 Å². The molecule has 3 rings (SSSR count). The van der Waals surface area contributed by atoms with Gasteiger partial charge in [-0.05, 0) is 54.8 Å². The first-order valence-electron chi connectivity index (χ1n) is 9.19. The number of carbonyl (C=O) groups is 1. The van der Waals surface area contributed by atoms with Crippen molar-refractivity contribution in [2.75, 3.05) is 11.9 Å². The molecule has 1 aromatic heterocycles. The number of urea groups is 1. The molecule has 1 atom stereocenters. The van der Waals surface area contributed by atoms with Crippen LogP contribution in [0, 0.1) is 13.8 Å². The van der Waals surface area contributed by atoms with Crippen LogP contribution in [0.15, 0.2) is 78.0 Å². The quantitative estimate of drug-likeness (QED) is 0.643. The zero-order valence-corrected chi connectivity index (χ0v) is 17.1. The van der Waals surface area contributed by atoms with Crippen molar-refractivity contribution >= 4 is 21.6 Å². The first-order chi connectivity index (χ1) is 13.9. The molecule has 0 aliphatic rings. The molecule has 6 nitrogen and oxygen atoms in total. The molecule has 2 aromatic carbocycles. The Labute approximate surface area is 170 Å². The lowest BCUT2D eigenvalue weighted by Gasteiger charge is -2.20. The Kier molecular flexibility index (Phi) is 6.29. The van der Waals surface area contributed by atoms with Crippen LogP contribution >= 0.6 is 0 Å². The number of carbonyl (C=O) groups excluding carboxylic acids is 1. The summed E-state index contributed by atoms with van der Waals surface area (Å²) in [4.78, 5) is 16.6. The molecule has 0 bridgehead atoms. The zero-order chi connectivity index (χ0) is 20.9. The van der Waals surface area contributed by atoms with E-state index in [9.17, 15) is 13.2 Å². The summed E-state index contributed by atoms with van der Waals surface area (Å²) in [6.45, 7) is 3.53. The first kappa shape index (κ1) is 20.5. The standard InChI is InChI=1S/C22H23N3O3S/c1-16-10-11-17(2)20(13-16)29(27,28)21(18-7-6-12-23-14-18)15-24-22(26)25-19-8-4-3-5-9-19/h3-14,21H,15H2,1-2H3,(H2,24,25,26)/t21-/m1/s1. The number of nitrogens with one attached hydrogen (secondary N) is 2. The third-order valence-electron chi connectivity index (χ3n) is 4.56. The van der Waals surface area contributed by atoms with Crippen LogP contribution in [0.1, 0.15) is 21.9 Å². The van der Waals surface area contributed by atoms with E-state index < -0.39 is 21.1 Å². The van der Waals surface area contributed by atoms with Gasteiger partial charge < -0.3 is 10.6 Å². The highest BCUT2D eigenvalue weighted by atomic mass is 32.2. The average molecular weight is 410 g/mol. The average Bonchev–Trinajstić information content (AvgIpc) is 2.71. The molecule has 0 saturated heterocycles. The molecule has 0 saturated carbocycles. The highest BCUT2D eigenvalue weighted by molar-refractivity contribution is 7.91. The van der Waals surface area contributed by atoms with Gasteiger partial charge in [-0.15, -0.1) is 0 Å². The third-order valence-corrected chi connectivity index (χ3v) is 6.80. The molecule has 0 aliphatic heterocycles. The Morgan fingerprint density at radius 2 is 1.79 bits per heavy atom. The molecule has 7 heteroatoms. The molecule has 0 spiro atoms. The van der Waals surface area contributed by atoms with Crippen molar-refractivity contribution in [3.05, 3.63) is 89.7 Å². The smallest absolute Gasteiger partial charge is 0.319 e. The van der Waals surface area contributed by atoms with Gasteiger partial charge >= 0.3 is 6.03 Å². The number of aromatic nitrogens is 1. The van der Waals surface area contributed by atoms with E-state index in [2.05, 4.69) is 15.6 Å². The van der Waals surface area contributed by atoms with Gasteiger partial charge in [0.1, 0.15) is 5.25 Å². The monoisotopic (exact) mass is 409 g/mol. The maximum atomic E-state index is 13.5. The number of anilines is 1. The number of amides is 2. The van der Waals surface area contributed by atoms with Crippen molar-refractivity contribution in [2.24, 2.45) is 0 Å². The molecule has 0 radical (unpaired) electrons. The van der Waals surface area contributed by atoms with Gasteiger partial charge in [0, 0.05) is 24.6 Å². The number of nitrogens with zero attached hydrogens (tertiary/aromatic N) is 1. The molecule has 2 N–H and O–H groups in total. The van der Waals surface area contributed by atoms with Gasteiger partial charge in [-0.1, -0.05) is 36.4 Å². The molecule has 3 aromatic rings. The highest BCUT2D eigenvalue weighted by Crippen LogP contribution is 2.30. The zero-order valence-electron chi connectivity index (χ0n) is 16.3. The van der Waals surface area contributed by atoms with Crippen LogP contribution in [0.25, 0.3) is 0 Å². The maximum absolute atomic E-state index is 13.5. The molecule has 0 unspecified atom stereocenters. The lowest BCUT2D eigenvalue weighted by molar-refractivity contribution is 0.252. The van der Waals surface area contributed by atoms with Gasteiger partial charge in [-0.25, -0.2) is 13.2 Å². The minimum Gasteiger partial charge on any atom is -0.336 e. The van der Waals surface area contributed by atoms with E-state index in [-0.39, 0.29) is 11.4 Å².